The fourth-order valence-electron chi connectivity index (χ4n) is 5.41. The van der Waals surface area contributed by atoms with Gasteiger partial charge in [0.05, 0.1) is 7.11 Å². The number of allylic oxidation sites excluding steroid dienone is 6. The van der Waals surface area contributed by atoms with Crippen LogP contribution in [0.5, 0.6) is 0 Å². The van der Waals surface area contributed by atoms with Crippen molar-refractivity contribution in [1.82, 2.24) is 0 Å². The molecule has 0 fully saturated rings. The molecule has 1 aliphatic carbocycles. The van der Waals surface area contributed by atoms with Crippen LogP contribution in [0.15, 0.2) is 108 Å². The van der Waals surface area contributed by atoms with Gasteiger partial charge in [0.1, 0.15) is 12.3 Å². The smallest absolute Gasteiger partial charge is 0.212 e. The molecule has 2 aromatic carbocycles. The number of nitrogens with zero attached hydrogens (tertiary/aromatic N) is 2. The number of likely N-dealkylation sites (N-methyl/N-ethyl adjacent to an activating group) is 1. The molecule has 0 N–H and O–H groups in total. The van der Waals surface area contributed by atoms with Crippen LogP contribution in [0.25, 0.3) is 23.1 Å². The van der Waals surface area contributed by atoms with Crippen molar-refractivity contribution in [1.29, 1.82) is 0 Å². The zero-order valence-electron chi connectivity index (χ0n) is 21.6. The molecular weight excluding hydrogens is 440 g/mol. The van der Waals surface area contributed by atoms with E-state index in [2.05, 4.69) is 120 Å². The molecule has 5 rings (SSSR count). The predicted octanol–water partition coefficient (Wildman–Crippen LogP) is 7.61. The van der Waals surface area contributed by atoms with Gasteiger partial charge in [0, 0.05) is 41.5 Å². The fourth-order valence-corrected chi connectivity index (χ4v) is 5.41. The van der Waals surface area contributed by atoms with Crippen LogP contribution < -0.4 is 9.47 Å². The lowest BCUT2D eigenvalue weighted by Gasteiger charge is -2.29. The molecule has 2 heterocycles. The first kappa shape index (κ1) is 23.9. The molecule has 1 aliphatic heterocycles. The topological polar surface area (TPSA) is 16.4 Å². The van der Waals surface area contributed by atoms with Crippen molar-refractivity contribution >= 4 is 28.7 Å². The molecule has 0 amide bonds. The minimum absolute atomic E-state index is 0.931. The van der Waals surface area contributed by atoms with Crippen molar-refractivity contribution < 1.29 is 9.30 Å². The highest BCUT2D eigenvalue weighted by atomic mass is 16.5. The number of hydrogen-bond donors (Lipinski definition) is 0. The predicted molar refractivity (Wildman–Crippen MR) is 151 cm³/mol. The Morgan fingerprint density at radius 3 is 2.56 bits per heavy atom. The molecule has 0 atom stereocenters. The quantitative estimate of drug-likeness (QED) is 0.341. The van der Waals surface area contributed by atoms with E-state index in [-0.39, 0.29) is 0 Å². The van der Waals surface area contributed by atoms with E-state index in [9.17, 15) is 0 Å². The first-order valence-electron chi connectivity index (χ1n) is 13.1. The Morgan fingerprint density at radius 2 is 1.72 bits per heavy atom. The van der Waals surface area contributed by atoms with Gasteiger partial charge in [-0.2, -0.15) is 4.57 Å². The molecule has 0 saturated heterocycles. The van der Waals surface area contributed by atoms with Crippen LogP contribution in [-0.2, 0) is 11.3 Å². The average molecular weight is 476 g/mol. The number of pyridine rings is 1. The summed E-state index contributed by atoms with van der Waals surface area (Å²) in [4.78, 5) is 2.37. The van der Waals surface area contributed by atoms with E-state index in [1.54, 1.807) is 7.11 Å². The number of rotatable bonds is 6. The summed E-state index contributed by atoms with van der Waals surface area (Å²) >= 11 is 0. The summed E-state index contributed by atoms with van der Waals surface area (Å²) in [5.74, 6) is 1.02. The summed E-state index contributed by atoms with van der Waals surface area (Å²) in [6, 6.07) is 21.6. The van der Waals surface area contributed by atoms with Crippen molar-refractivity contribution in [3.05, 3.63) is 119 Å². The summed E-state index contributed by atoms with van der Waals surface area (Å²) < 4.78 is 8.34. The highest BCUT2D eigenvalue weighted by molar-refractivity contribution is 5.77. The van der Waals surface area contributed by atoms with Crippen LogP contribution in [0.4, 0.5) is 5.69 Å². The Balaban J connectivity index is 1.47. The second-order valence-corrected chi connectivity index (χ2v) is 9.23. The highest BCUT2D eigenvalue weighted by Gasteiger charge is 2.19. The number of benzene rings is 2. The zero-order valence-corrected chi connectivity index (χ0v) is 21.6. The number of hydrogen-bond acceptors (Lipinski definition) is 2. The lowest BCUT2D eigenvalue weighted by Crippen LogP contribution is -2.36. The molecule has 3 nitrogen and oxygen atoms in total. The van der Waals surface area contributed by atoms with Crippen LogP contribution >= 0.6 is 0 Å². The van der Waals surface area contributed by atoms with Gasteiger partial charge in [-0.25, -0.2) is 0 Å². The van der Waals surface area contributed by atoms with Crippen LogP contribution in [0.1, 0.15) is 44.4 Å². The van der Waals surface area contributed by atoms with E-state index in [1.807, 2.05) is 0 Å². The van der Waals surface area contributed by atoms with Gasteiger partial charge in [-0.05, 0) is 86.2 Å². The molecular formula is C33H35N2O+. The second kappa shape index (κ2) is 10.8. The van der Waals surface area contributed by atoms with Crippen LogP contribution in [0.3, 0.4) is 0 Å². The van der Waals surface area contributed by atoms with Crippen LogP contribution in [0, 0.1) is 0 Å². The summed E-state index contributed by atoms with van der Waals surface area (Å²) in [6.07, 6.45) is 16.6. The normalized spacial score (nSPS) is 18.0. The van der Waals surface area contributed by atoms with Crippen molar-refractivity contribution in [2.75, 3.05) is 18.6 Å². The van der Waals surface area contributed by atoms with Gasteiger partial charge in [-0.3, -0.25) is 0 Å². The van der Waals surface area contributed by atoms with Gasteiger partial charge < -0.3 is 9.64 Å². The number of fused-ring (bicyclic) bond motifs is 2. The summed E-state index contributed by atoms with van der Waals surface area (Å²) in [6.45, 7) is 6.27. The van der Waals surface area contributed by atoms with Gasteiger partial charge in [0.15, 0.2) is 0 Å². The third kappa shape index (κ3) is 4.66. The Hall–Kier alpha value is -3.85. The molecule has 0 spiro atoms. The standard InChI is InChI=1S/C33H35N2O/c1-4-34-29(21-17-25-11-6-8-15-31(25)34)23-19-27-13-10-14-28(33(27)36-3)20-24-30-22-18-26-12-7-9-16-32(26)35(30)5-2/h6-9,11-12,15-24H,4-5,10,13-14H2,1-3H3/q+1. The van der Waals surface area contributed by atoms with Crippen molar-refractivity contribution in [2.24, 2.45) is 0 Å². The number of anilines is 1. The fraction of sp³-hybridized carbons (Fsp3) is 0.242. The van der Waals surface area contributed by atoms with Gasteiger partial charge in [-0.1, -0.05) is 42.5 Å². The third-order valence-electron chi connectivity index (χ3n) is 7.17. The highest BCUT2D eigenvalue weighted by Crippen LogP contribution is 2.33. The number of methoxy groups -OCH3 is 1. The zero-order chi connectivity index (χ0) is 24.9. The lowest BCUT2D eigenvalue weighted by molar-refractivity contribution is -0.669. The molecule has 2 aliphatic rings. The maximum Gasteiger partial charge on any atom is 0.212 e. The van der Waals surface area contributed by atoms with Crippen molar-refractivity contribution in [3.63, 3.8) is 0 Å². The number of ether oxygens (including phenoxy) is 1. The van der Waals surface area contributed by atoms with Crippen molar-refractivity contribution in [3.8, 4) is 0 Å². The Bertz CT molecular complexity index is 1420. The van der Waals surface area contributed by atoms with E-state index in [0.29, 0.717) is 0 Å². The van der Waals surface area contributed by atoms with Crippen molar-refractivity contribution in [2.45, 2.75) is 39.7 Å². The van der Waals surface area contributed by atoms with Crippen LogP contribution in [0.2, 0.25) is 0 Å². The van der Waals surface area contributed by atoms with Gasteiger partial charge in [0.25, 0.3) is 0 Å². The summed E-state index contributed by atoms with van der Waals surface area (Å²) in [5.41, 5.74) is 8.75. The maximum absolute atomic E-state index is 5.97. The van der Waals surface area contributed by atoms with E-state index in [0.717, 1.165) is 38.1 Å². The van der Waals surface area contributed by atoms with Gasteiger partial charge >= 0.3 is 0 Å². The SMILES string of the molecule is CCN1C(=CC=C2CCCC(C=Cc3ccc4ccccc4[n+]3CC)=C2OC)C=Cc2ccccc21. The Labute approximate surface area is 215 Å². The lowest BCUT2D eigenvalue weighted by atomic mass is 9.92. The molecule has 0 bridgehead atoms. The third-order valence-corrected chi connectivity index (χ3v) is 7.17. The van der Waals surface area contributed by atoms with E-state index >= 15 is 0 Å². The molecule has 3 aromatic rings. The molecule has 36 heavy (non-hydrogen) atoms. The molecule has 0 radical (unpaired) electrons. The summed E-state index contributed by atoms with van der Waals surface area (Å²) in [7, 11) is 1.80. The average Bonchev–Trinajstić information content (AvgIpc) is 2.94. The number of aryl methyl sites for hydroxylation is 1. The summed E-state index contributed by atoms with van der Waals surface area (Å²) in [5, 5.41) is 1.27. The number of para-hydroxylation sites is 2. The van der Waals surface area contributed by atoms with Gasteiger partial charge in [0.2, 0.25) is 11.2 Å². The van der Waals surface area contributed by atoms with E-state index < -0.39 is 0 Å². The number of aromatic nitrogens is 1. The molecule has 0 saturated carbocycles. The van der Waals surface area contributed by atoms with Gasteiger partial charge in [-0.15, -0.1) is 0 Å². The molecule has 3 heteroatoms. The first-order chi connectivity index (χ1) is 17.7. The first-order valence-corrected chi connectivity index (χ1v) is 13.1. The second-order valence-electron chi connectivity index (χ2n) is 9.23. The van der Waals surface area contributed by atoms with E-state index in [1.165, 1.54) is 44.7 Å². The monoisotopic (exact) mass is 475 g/mol. The molecule has 0 unspecified atom stereocenters. The Morgan fingerprint density at radius 1 is 0.889 bits per heavy atom. The van der Waals surface area contributed by atoms with Crippen LogP contribution in [-0.4, -0.2) is 13.7 Å². The van der Waals surface area contributed by atoms with E-state index in [4.69, 9.17) is 4.74 Å². The maximum atomic E-state index is 5.97. The minimum Gasteiger partial charge on any atom is -0.496 e. The Kier molecular flexibility index (Phi) is 7.18. The molecule has 1 aromatic heterocycles. The minimum atomic E-state index is 0.931. The largest absolute Gasteiger partial charge is 0.496 e. The molecule has 182 valence electrons.